The average Bonchev–Trinajstić information content (AvgIpc) is 3.32. The lowest BCUT2D eigenvalue weighted by molar-refractivity contribution is -0.121. The van der Waals surface area contributed by atoms with Crippen molar-refractivity contribution in [2.45, 2.75) is 56.5 Å². The maximum absolute atomic E-state index is 13.1. The van der Waals surface area contributed by atoms with Gasteiger partial charge in [-0.2, -0.15) is 0 Å². The Labute approximate surface area is 156 Å². The molecule has 4 nitrogen and oxygen atoms in total. The zero-order valence-electron chi connectivity index (χ0n) is 15.7. The fraction of sp³-hybridized carbons (Fsp3) is 0.682. The van der Waals surface area contributed by atoms with E-state index in [4.69, 9.17) is 4.74 Å². The molecule has 1 spiro atoms. The minimum absolute atomic E-state index is 0.0563. The van der Waals surface area contributed by atoms with E-state index in [0.29, 0.717) is 12.3 Å². The second kappa shape index (κ2) is 6.65. The van der Waals surface area contributed by atoms with Gasteiger partial charge >= 0.3 is 0 Å². The number of likely N-dealkylation sites (tertiary alicyclic amines) is 1. The molecule has 2 saturated heterocycles. The first-order chi connectivity index (χ1) is 12.7. The summed E-state index contributed by atoms with van der Waals surface area (Å²) in [6, 6.07) is 8.66. The summed E-state index contributed by atoms with van der Waals surface area (Å²) in [7, 11) is 0. The van der Waals surface area contributed by atoms with Gasteiger partial charge in [-0.25, -0.2) is 0 Å². The number of carbonyl (C=O) groups excluding carboxylic acids is 1. The Bertz CT molecular complexity index is 670. The van der Waals surface area contributed by atoms with Gasteiger partial charge in [-0.05, 0) is 69.2 Å². The molecule has 3 fully saturated rings. The van der Waals surface area contributed by atoms with E-state index in [1.165, 1.54) is 24.9 Å². The Balaban J connectivity index is 1.38. The molecular weight excluding hydrogens is 324 g/mol. The molecule has 26 heavy (non-hydrogen) atoms. The third-order valence-electron chi connectivity index (χ3n) is 6.99. The number of carbonyl (C=O) groups is 1. The van der Waals surface area contributed by atoms with E-state index in [-0.39, 0.29) is 11.5 Å². The first kappa shape index (κ1) is 16.8. The number of rotatable bonds is 4. The van der Waals surface area contributed by atoms with Gasteiger partial charge < -0.3 is 14.5 Å². The lowest BCUT2D eigenvalue weighted by Crippen LogP contribution is -2.51. The summed E-state index contributed by atoms with van der Waals surface area (Å²) in [6.45, 7) is 5.12. The molecule has 1 aromatic rings. The number of nitrogens with zero attached hydrogens (tertiary/aromatic N) is 2. The molecule has 5 rings (SSSR count). The number of anilines is 1. The topological polar surface area (TPSA) is 32.8 Å². The summed E-state index contributed by atoms with van der Waals surface area (Å²) < 4.78 is 5.81. The van der Waals surface area contributed by atoms with E-state index in [1.807, 2.05) is 4.90 Å². The van der Waals surface area contributed by atoms with Crippen molar-refractivity contribution in [1.29, 1.82) is 0 Å². The number of para-hydroxylation sites is 1. The van der Waals surface area contributed by atoms with E-state index in [0.717, 1.165) is 63.5 Å². The van der Waals surface area contributed by atoms with Crippen molar-refractivity contribution in [3.05, 3.63) is 29.8 Å². The van der Waals surface area contributed by atoms with Gasteiger partial charge in [0, 0.05) is 30.7 Å². The highest BCUT2D eigenvalue weighted by Gasteiger charge is 2.45. The molecular formula is C22H30N2O2. The number of hydrogen-bond donors (Lipinski definition) is 0. The summed E-state index contributed by atoms with van der Waals surface area (Å²) in [5.41, 5.74) is 2.61. The molecule has 1 unspecified atom stereocenters. The highest BCUT2D eigenvalue weighted by Crippen LogP contribution is 2.47. The number of fused-ring (bicyclic) bond motifs is 2. The minimum Gasteiger partial charge on any atom is -0.376 e. The van der Waals surface area contributed by atoms with Crippen LogP contribution < -0.4 is 4.90 Å². The number of benzene rings is 1. The smallest absolute Gasteiger partial charge is 0.227 e. The minimum atomic E-state index is 0.0563. The van der Waals surface area contributed by atoms with Crippen LogP contribution in [-0.4, -0.2) is 49.7 Å². The quantitative estimate of drug-likeness (QED) is 0.831. The van der Waals surface area contributed by atoms with Gasteiger partial charge in [0.1, 0.15) is 0 Å². The third kappa shape index (κ3) is 3.07. The molecule has 0 aromatic heterocycles. The van der Waals surface area contributed by atoms with Crippen LogP contribution in [-0.2, 0) is 14.9 Å². The number of ether oxygens (including phenoxy) is 1. The van der Waals surface area contributed by atoms with Gasteiger partial charge in [0.2, 0.25) is 5.91 Å². The maximum Gasteiger partial charge on any atom is 0.227 e. The molecule has 0 N–H and O–H groups in total. The number of hydrogen-bond acceptors (Lipinski definition) is 3. The van der Waals surface area contributed by atoms with E-state index < -0.39 is 0 Å². The normalized spacial score (nSPS) is 28.5. The van der Waals surface area contributed by atoms with Crippen LogP contribution in [0.1, 0.15) is 50.5 Å². The number of piperidine rings is 1. The molecule has 140 valence electrons. The lowest BCUT2D eigenvalue weighted by atomic mass is 9.67. The predicted molar refractivity (Wildman–Crippen MR) is 102 cm³/mol. The Morgan fingerprint density at radius 1 is 1.08 bits per heavy atom. The second-order valence-electron chi connectivity index (χ2n) is 8.86. The van der Waals surface area contributed by atoms with Gasteiger partial charge in [0.05, 0.1) is 12.6 Å². The van der Waals surface area contributed by atoms with Crippen LogP contribution in [0.5, 0.6) is 0 Å². The molecule has 0 bridgehead atoms. The first-order valence-corrected chi connectivity index (χ1v) is 10.5. The fourth-order valence-electron chi connectivity index (χ4n) is 5.24. The largest absolute Gasteiger partial charge is 0.376 e. The van der Waals surface area contributed by atoms with Crippen LogP contribution in [0.4, 0.5) is 5.69 Å². The molecule has 1 amide bonds. The Morgan fingerprint density at radius 2 is 1.88 bits per heavy atom. The van der Waals surface area contributed by atoms with Crippen molar-refractivity contribution in [3.63, 3.8) is 0 Å². The van der Waals surface area contributed by atoms with Gasteiger partial charge in [0.15, 0.2) is 0 Å². The first-order valence-electron chi connectivity index (χ1n) is 10.5. The summed E-state index contributed by atoms with van der Waals surface area (Å²) in [6.07, 6.45) is 8.16. The standard InChI is InChI=1S/C22H30N2O2/c25-21-14-22(9-11-23(12-10-22)15-17-7-8-17)19-5-1-2-6-20(19)24(21)16-18-4-3-13-26-18/h1-2,5-6,17-18H,3-4,7-16H2. The van der Waals surface area contributed by atoms with Gasteiger partial charge in [-0.1, -0.05) is 18.2 Å². The van der Waals surface area contributed by atoms with Crippen LogP contribution in [0.15, 0.2) is 24.3 Å². The molecule has 1 aromatic carbocycles. The highest BCUT2D eigenvalue weighted by atomic mass is 16.5. The van der Waals surface area contributed by atoms with Crippen molar-refractivity contribution in [1.82, 2.24) is 4.90 Å². The summed E-state index contributed by atoms with van der Waals surface area (Å²) in [5, 5.41) is 0. The zero-order valence-corrected chi connectivity index (χ0v) is 15.7. The van der Waals surface area contributed by atoms with Gasteiger partial charge in [-0.3, -0.25) is 4.79 Å². The molecule has 4 heteroatoms. The summed E-state index contributed by atoms with van der Waals surface area (Å²) in [4.78, 5) is 17.8. The molecule has 1 atom stereocenters. The highest BCUT2D eigenvalue weighted by molar-refractivity contribution is 5.98. The summed E-state index contributed by atoms with van der Waals surface area (Å²) in [5.74, 6) is 1.25. The lowest BCUT2D eigenvalue weighted by Gasteiger charge is -2.47. The Morgan fingerprint density at radius 3 is 2.62 bits per heavy atom. The van der Waals surface area contributed by atoms with E-state index >= 15 is 0 Å². The van der Waals surface area contributed by atoms with Crippen LogP contribution in [0.2, 0.25) is 0 Å². The number of amides is 1. The molecule has 3 aliphatic heterocycles. The molecule has 1 aliphatic carbocycles. The van der Waals surface area contributed by atoms with Crippen molar-refractivity contribution in [2.75, 3.05) is 37.7 Å². The van der Waals surface area contributed by atoms with Gasteiger partial charge in [-0.15, -0.1) is 0 Å². The Hall–Kier alpha value is -1.39. The van der Waals surface area contributed by atoms with Crippen molar-refractivity contribution >= 4 is 11.6 Å². The van der Waals surface area contributed by atoms with Crippen LogP contribution in [0.25, 0.3) is 0 Å². The summed E-state index contributed by atoms with van der Waals surface area (Å²) >= 11 is 0. The zero-order chi connectivity index (χ0) is 17.6. The van der Waals surface area contributed by atoms with Gasteiger partial charge in [0.25, 0.3) is 0 Å². The van der Waals surface area contributed by atoms with Crippen LogP contribution in [0.3, 0.4) is 0 Å². The van der Waals surface area contributed by atoms with Crippen LogP contribution >= 0.6 is 0 Å². The molecule has 1 saturated carbocycles. The van der Waals surface area contributed by atoms with Crippen LogP contribution in [0, 0.1) is 5.92 Å². The van der Waals surface area contributed by atoms with E-state index in [1.54, 1.807) is 0 Å². The predicted octanol–water partition coefficient (Wildman–Crippen LogP) is 3.35. The van der Waals surface area contributed by atoms with E-state index in [2.05, 4.69) is 29.2 Å². The second-order valence-corrected chi connectivity index (χ2v) is 8.86. The maximum atomic E-state index is 13.1. The third-order valence-corrected chi connectivity index (χ3v) is 6.99. The van der Waals surface area contributed by atoms with E-state index in [9.17, 15) is 4.79 Å². The molecule has 4 aliphatic rings. The van der Waals surface area contributed by atoms with Crippen molar-refractivity contribution in [2.24, 2.45) is 5.92 Å². The fourth-order valence-corrected chi connectivity index (χ4v) is 5.24. The monoisotopic (exact) mass is 354 g/mol. The van der Waals surface area contributed by atoms with Crippen molar-refractivity contribution < 1.29 is 9.53 Å². The SMILES string of the molecule is O=C1CC2(CCN(CC3CC3)CC2)c2ccccc2N1CC1CCCO1. The van der Waals surface area contributed by atoms with Crippen molar-refractivity contribution in [3.8, 4) is 0 Å². The molecule has 3 heterocycles. The molecule has 0 radical (unpaired) electrons. The Kier molecular flexibility index (Phi) is 4.29. The average molecular weight is 354 g/mol.